The van der Waals surface area contributed by atoms with Crippen LogP contribution in [0.15, 0.2) is 30.3 Å². The number of halogens is 1. The summed E-state index contributed by atoms with van der Waals surface area (Å²) in [5, 5.41) is 1.05. The zero-order valence-electron chi connectivity index (χ0n) is 8.58. The molecular weight excluding hydrogens is 240 g/mol. The monoisotopic (exact) mass is 256 g/mol. The Balaban J connectivity index is 2.40. The molecule has 14 heavy (non-hydrogen) atoms. The Labute approximate surface area is 94.6 Å². The van der Waals surface area contributed by atoms with Gasteiger partial charge in [0.15, 0.2) is 0 Å². The van der Waals surface area contributed by atoms with Gasteiger partial charge in [0.05, 0.1) is 0 Å². The third kappa shape index (κ3) is 4.25. The molecule has 0 N–H and O–H groups in total. The summed E-state index contributed by atoms with van der Waals surface area (Å²) in [7, 11) is 1.76. The van der Waals surface area contributed by atoms with E-state index in [2.05, 4.69) is 46.3 Å². The summed E-state index contributed by atoms with van der Waals surface area (Å²) in [4.78, 5) is 0. The van der Waals surface area contributed by atoms with E-state index in [1.54, 1.807) is 7.11 Å². The average molecular weight is 257 g/mol. The van der Waals surface area contributed by atoms with E-state index >= 15 is 0 Å². The Kier molecular flexibility index (Phi) is 5.88. The molecule has 1 aromatic carbocycles. The third-order valence-electron chi connectivity index (χ3n) is 2.32. The van der Waals surface area contributed by atoms with E-state index in [9.17, 15) is 0 Å². The molecule has 0 bridgehead atoms. The van der Waals surface area contributed by atoms with Crippen LogP contribution in [-0.2, 0) is 11.2 Å². The van der Waals surface area contributed by atoms with Crippen LogP contribution in [0.3, 0.4) is 0 Å². The van der Waals surface area contributed by atoms with Gasteiger partial charge in [-0.15, -0.1) is 0 Å². The zero-order valence-corrected chi connectivity index (χ0v) is 10.2. The Hall–Kier alpha value is -0.340. The van der Waals surface area contributed by atoms with Crippen molar-refractivity contribution in [2.45, 2.75) is 12.8 Å². The third-order valence-corrected chi connectivity index (χ3v) is 3.23. The minimum atomic E-state index is 0.678. The lowest BCUT2D eigenvalue weighted by molar-refractivity contribution is 0.181. The molecule has 0 aliphatic carbocycles. The molecular formula is C12H17BrO. The average Bonchev–Trinajstić information content (AvgIpc) is 2.25. The molecule has 0 amide bonds. The van der Waals surface area contributed by atoms with Crippen LogP contribution in [0.1, 0.15) is 12.0 Å². The summed E-state index contributed by atoms with van der Waals surface area (Å²) < 4.78 is 5.09. The van der Waals surface area contributed by atoms with E-state index in [4.69, 9.17) is 4.74 Å². The van der Waals surface area contributed by atoms with Gasteiger partial charge in [-0.05, 0) is 24.3 Å². The lowest BCUT2D eigenvalue weighted by atomic mass is 9.98. The van der Waals surface area contributed by atoms with Gasteiger partial charge in [0.1, 0.15) is 0 Å². The second-order valence-electron chi connectivity index (χ2n) is 3.49. The number of benzene rings is 1. The predicted molar refractivity (Wildman–Crippen MR) is 63.9 cm³/mol. The summed E-state index contributed by atoms with van der Waals surface area (Å²) in [6.45, 7) is 0.850. The maximum atomic E-state index is 5.09. The van der Waals surface area contributed by atoms with Crippen molar-refractivity contribution in [1.82, 2.24) is 0 Å². The molecule has 0 heterocycles. The highest BCUT2D eigenvalue weighted by molar-refractivity contribution is 9.09. The standard InChI is InChI=1S/C12H17BrO/c1-14-8-7-12(10-13)9-11-5-3-2-4-6-11/h2-6,12H,7-10H2,1H3. The molecule has 0 spiro atoms. The first-order valence-corrected chi connectivity index (χ1v) is 6.07. The fourth-order valence-electron chi connectivity index (χ4n) is 1.47. The van der Waals surface area contributed by atoms with Crippen LogP contribution in [-0.4, -0.2) is 19.0 Å². The molecule has 0 saturated carbocycles. The minimum absolute atomic E-state index is 0.678. The number of hydrogen-bond donors (Lipinski definition) is 0. The van der Waals surface area contributed by atoms with Crippen LogP contribution in [0.4, 0.5) is 0 Å². The maximum absolute atomic E-state index is 5.09. The zero-order chi connectivity index (χ0) is 10.2. The van der Waals surface area contributed by atoms with E-state index in [-0.39, 0.29) is 0 Å². The lowest BCUT2D eigenvalue weighted by Gasteiger charge is -2.13. The van der Waals surface area contributed by atoms with Crippen molar-refractivity contribution in [3.05, 3.63) is 35.9 Å². The van der Waals surface area contributed by atoms with Gasteiger partial charge in [-0.3, -0.25) is 0 Å². The van der Waals surface area contributed by atoms with Crippen LogP contribution < -0.4 is 0 Å². The maximum Gasteiger partial charge on any atom is 0.0465 e. The Morgan fingerprint density at radius 3 is 2.57 bits per heavy atom. The molecule has 1 rings (SSSR count). The van der Waals surface area contributed by atoms with Crippen molar-refractivity contribution >= 4 is 15.9 Å². The van der Waals surface area contributed by atoms with E-state index in [0.29, 0.717) is 5.92 Å². The van der Waals surface area contributed by atoms with Gasteiger partial charge in [0.25, 0.3) is 0 Å². The van der Waals surface area contributed by atoms with Crippen LogP contribution >= 0.6 is 15.9 Å². The molecule has 0 radical (unpaired) electrons. The SMILES string of the molecule is COCCC(CBr)Cc1ccccc1. The minimum Gasteiger partial charge on any atom is -0.385 e. The van der Waals surface area contributed by atoms with Crippen LogP contribution in [0, 0.1) is 5.92 Å². The highest BCUT2D eigenvalue weighted by atomic mass is 79.9. The van der Waals surface area contributed by atoms with Gasteiger partial charge in [0, 0.05) is 19.0 Å². The van der Waals surface area contributed by atoms with E-state index in [1.165, 1.54) is 5.56 Å². The highest BCUT2D eigenvalue weighted by Gasteiger charge is 2.07. The molecule has 78 valence electrons. The molecule has 1 nitrogen and oxygen atoms in total. The number of methoxy groups -OCH3 is 1. The second-order valence-corrected chi connectivity index (χ2v) is 4.14. The molecule has 1 atom stereocenters. The first-order valence-electron chi connectivity index (χ1n) is 4.95. The number of alkyl halides is 1. The summed E-state index contributed by atoms with van der Waals surface area (Å²) in [6, 6.07) is 10.6. The van der Waals surface area contributed by atoms with Crippen molar-refractivity contribution in [2.75, 3.05) is 19.0 Å². The van der Waals surface area contributed by atoms with Gasteiger partial charge in [0.2, 0.25) is 0 Å². The largest absolute Gasteiger partial charge is 0.385 e. The fraction of sp³-hybridized carbons (Fsp3) is 0.500. The lowest BCUT2D eigenvalue weighted by Crippen LogP contribution is -2.09. The smallest absolute Gasteiger partial charge is 0.0465 e. The fourth-order valence-corrected chi connectivity index (χ4v) is 2.02. The van der Waals surface area contributed by atoms with Gasteiger partial charge in [-0.2, -0.15) is 0 Å². The molecule has 0 aromatic heterocycles. The van der Waals surface area contributed by atoms with E-state index in [0.717, 1.165) is 24.8 Å². The van der Waals surface area contributed by atoms with Crippen LogP contribution in [0.5, 0.6) is 0 Å². The Morgan fingerprint density at radius 2 is 2.00 bits per heavy atom. The normalized spacial score (nSPS) is 12.7. The number of ether oxygens (including phenoxy) is 1. The molecule has 0 saturated heterocycles. The van der Waals surface area contributed by atoms with Crippen molar-refractivity contribution < 1.29 is 4.74 Å². The molecule has 2 heteroatoms. The molecule has 1 aromatic rings. The van der Waals surface area contributed by atoms with Crippen LogP contribution in [0.2, 0.25) is 0 Å². The topological polar surface area (TPSA) is 9.23 Å². The molecule has 1 unspecified atom stereocenters. The van der Waals surface area contributed by atoms with Crippen molar-refractivity contribution in [2.24, 2.45) is 5.92 Å². The summed E-state index contributed by atoms with van der Waals surface area (Å²) in [5.41, 5.74) is 1.41. The predicted octanol–water partition coefficient (Wildman–Crippen LogP) is 3.28. The summed E-state index contributed by atoms with van der Waals surface area (Å²) in [6.07, 6.45) is 2.26. The molecule has 0 aliphatic rings. The Bertz CT molecular complexity index is 235. The molecule has 0 aliphatic heterocycles. The first kappa shape index (κ1) is 11.7. The molecule has 0 fully saturated rings. The van der Waals surface area contributed by atoms with E-state index < -0.39 is 0 Å². The van der Waals surface area contributed by atoms with Crippen molar-refractivity contribution in [3.8, 4) is 0 Å². The van der Waals surface area contributed by atoms with Gasteiger partial charge in [-0.25, -0.2) is 0 Å². The van der Waals surface area contributed by atoms with Gasteiger partial charge < -0.3 is 4.74 Å². The van der Waals surface area contributed by atoms with Crippen molar-refractivity contribution in [3.63, 3.8) is 0 Å². The summed E-state index contributed by atoms with van der Waals surface area (Å²) in [5.74, 6) is 0.678. The van der Waals surface area contributed by atoms with Gasteiger partial charge >= 0.3 is 0 Å². The summed E-state index contributed by atoms with van der Waals surface area (Å²) >= 11 is 3.55. The highest BCUT2D eigenvalue weighted by Crippen LogP contribution is 2.14. The Morgan fingerprint density at radius 1 is 1.29 bits per heavy atom. The van der Waals surface area contributed by atoms with Gasteiger partial charge in [-0.1, -0.05) is 46.3 Å². The quantitative estimate of drug-likeness (QED) is 0.710. The first-order chi connectivity index (χ1) is 6.86. The van der Waals surface area contributed by atoms with E-state index in [1.807, 2.05) is 0 Å². The second kappa shape index (κ2) is 7.02. The number of hydrogen-bond acceptors (Lipinski definition) is 1. The van der Waals surface area contributed by atoms with Crippen molar-refractivity contribution in [1.29, 1.82) is 0 Å². The van der Waals surface area contributed by atoms with Crippen LogP contribution in [0.25, 0.3) is 0 Å². The number of rotatable bonds is 6.